The van der Waals surface area contributed by atoms with Crippen molar-refractivity contribution in [2.45, 2.75) is 12.8 Å². The van der Waals surface area contributed by atoms with Crippen LogP contribution in [0.25, 0.3) is 0 Å². The number of carbonyl (C=O) groups is 1. The van der Waals surface area contributed by atoms with Gasteiger partial charge in [-0.2, -0.15) is 0 Å². The Labute approximate surface area is 97.4 Å². The lowest BCUT2D eigenvalue weighted by Gasteiger charge is -2.08. The van der Waals surface area contributed by atoms with Crippen molar-refractivity contribution in [3.8, 4) is 0 Å². The molecule has 0 heterocycles. The number of aliphatic carboxylic acids is 1. The van der Waals surface area contributed by atoms with Crippen LogP contribution >= 0.6 is 15.9 Å². The molecule has 1 aromatic rings. The highest BCUT2D eigenvalue weighted by Gasteiger charge is 2.14. The summed E-state index contributed by atoms with van der Waals surface area (Å²) in [7, 11) is 0. The van der Waals surface area contributed by atoms with Crippen LogP contribution in [0.5, 0.6) is 0 Å². The fourth-order valence-electron chi connectivity index (χ4n) is 1.33. The number of carboxylic acid groups (broad SMARTS) is 1. The van der Waals surface area contributed by atoms with E-state index in [-0.39, 0.29) is 6.54 Å². The number of benzene rings is 1. The van der Waals surface area contributed by atoms with E-state index in [0.717, 1.165) is 16.5 Å². The van der Waals surface area contributed by atoms with Gasteiger partial charge in [-0.05, 0) is 30.5 Å². The molecule has 0 radical (unpaired) electrons. The molecule has 0 amide bonds. The van der Waals surface area contributed by atoms with Crippen LogP contribution < -0.4 is 5.73 Å². The molecule has 1 atom stereocenters. The summed E-state index contributed by atoms with van der Waals surface area (Å²) >= 11 is 3.35. The molecule has 4 heteroatoms. The molecule has 0 saturated heterocycles. The van der Waals surface area contributed by atoms with Crippen molar-refractivity contribution >= 4 is 21.9 Å². The lowest BCUT2D eigenvalue weighted by atomic mass is 10.00. The van der Waals surface area contributed by atoms with Crippen molar-refractivity contribution in [1.82, 2.24) is 0 Å². The summed E-state index contributed by atoms with van der Waals surface area (Å²) in [5.74, 6) is -1.25. The van der Waals surface area contributed by atoms with Gasteiger partial charge in [0.05, 0.1) is 5.92 Å². The highest BCUT2D eigenvalue weighted by Crippen LogP contribution is 2.14. The van der Waals surface area contributed by atoms with Crippen molar-refractivity contribution in [3.63, 3.8) is 0 Å². The fourth-order valence-corrected chi connectivity index (χ4v) is 1.60. The second-order valence-corrected chi connectivity index (χ2v) is 4.35. The first-order valence-electron chi connectivity index (χ1n) is 4.81. The van der Waals surface area contributed by atoms with Crippen LogP contribution in [0, 0.1) is 5.92 Å². The molecule has 1 aromatic carbocycles. The highest BCUT2D eigenvalue weighted by molar-refractivity contribution is 9.10. The lowest BCUT2D eigenvalue weighted by Crippen LogP contribution is -2.23. The maximum absolute atomic E-state index is 10.7. The molecule has 0 spiro atoms. The second kappa shape index (κ2) is 5.88. The Balaban J connectivity index is 2.49. The third-order valence-electron chi connectivity index (χ3n) is 2.33. The summed E-state index contributed by atoms with van der Waals surface area (Å²) in [5, 5.41) is 8.81. The number of rotatable bonds is 5. The molecule has 1 unspecified atom stereocenters. The largest absolute Gasteiger partial charge is 0.481 e. The summed E-state index contributed by atoms with van der Waals surface area (Å²) in [6.07, 6.45) is 1.34. The average molecular weight is 272 g/mol. The normalized spacial score (nSPS) is 12.4. The van der Waals surface area contributed by atoms with Gasteiger partial charge < -0.3 is 10.8 Å². The molecule has 0 aromatic heterocycles. The number of halogens is 1. The summed E-state index contributed by atoms with van der Waals surface area (Å²) < 4.78 is 1.03. The first-order valence-corrected chi connectivity index (χ1v) is 5.60. The van der Waals surface area contributed by atoms with Crippen LogP contribution in [0.3, 0.4) is 0 Å². The van der Waals surface area contributed by atoms with Crippen LogP contribution in [-0.4, -0.2) is 17.6 Å². The number of nitrogens with two attached hydrogens (primary N) is 1. The van der Waals surface area contributed by atoms with E-state index in [1.807, 2.05) is 24.3 Å². The zero-order chi connectivity index (χ0) is 11.3. The van der Waals surface area contributed by atoms with Gasteiger partial charge in [0.1, 0.15) is 0 Å². The Morgan fingerprint density at radius 3 is 2.47 bits per heavy atom. The molecule has 15 heavy (non-hydrogen) atoms. The predicted octanol–water partition coefficient (Wildman–Crippen LogP) is 2.04. The molecule has 0 bridgehead atoms. The van der Waals surface area contributed by atoms with Gasteiger partial charge in [-0.25, -0.2) is 0 Å². The predicted molar refractivity (Wildman–Crippen MR) is 62.6 cm³/mol. The van der Waals surface area contributed by atoms with Gasteiger partial charge in [-0.3, -0.25) is 4.79 Å². The minimum atomic E-state index is -0.811. The Morgan fingerprint density at radius 1 is 1.40 bits per heavy atom. The smallest absolute Gasteiger partial charge is 0.307 e. The topological polar surface area (TPSA) is 63.3 Å². The molecule has 3 N–H and O–H groups in total. The lowest BCUT2D eigenvalue weighted by molar-refractivity contribution is -0.141. The Morgan fingerprint density at radius 2 is 2.00 bits per heavy atom. The minimum absolute atomic E-state index is 0.200. The van der Waals surface area contributed by atoms with E-state index in [1.165, 1.54) is 0 Å². The summed E-state index contributed by atoms with van der Waals surface area (Å²) in [6.45, 7) is 0.200. The molecule has 3 nitrogen and oxygen atoms in total. The molecule has 0 aliphatic carbocycles. The SMILES string of the molecule is NCC(CCc1ccc(Br)cc1)C(=O)O. The molecule has 0 aliphatic heterocycles. The molecule has 82 valence electrons. The van der Waals surface area contributed by atoms with E-state index in [2.05, 4.69) is 15.9 Å². The number of hydrogen-bond acceptors (Lipinski definition) is 2. The van der Waals surface area contributed by atoms with E-state index in [4.69, 9.17) is 10.8 Å². The zero-order valence-corrected chi connectivity index (χ0v) is 9.90. The summed E-state index contributed by atoms with van der Waals surface area (Å²) in [6, 6.07) is 7.88. The first-order chi connectivity index (χ1) is 7.13. The standard InChI is InChI=1S/C11H14BrNO2/c12-10-5-2-8(3-6-10)1-4-9(7-13)11(14)15/h2-3,5-6,9H,1,4,7,13H2,(H,14,15). The van der Waals surface area contributed by atoms with Crippen molar-refractivity contribution in [1.29, 1.82) is 0 Å². The maximum atomic E-state index is 10.7. The van der Waals surface area contributed by atoms with E-state index in [0.29, 0.717) is 6.42 Å². The fraction of sp³-hybridized carbons (Fsp3) is 0.364. The summed E-state index contributed by atoms with van der Waals surface area (Å²) in [5.41, 5.74) is 6.51. The summed E-state index contributed by atoms with van der Waals surface area (Å²) in [4.78, 5) is 10.7. The third-order valence-corrected chi connectivity index (χ3v) is 2.86. The van der Waals surface area contributed by atoms with E-state index in [9.17, 15) is 4.79 Å². The Kier molecular flexibility index (Phi) is 4.78. The molecular formula is C11H14BrNO2. The molecular weight excluding hydrogens is 258 g/mol. The van der Waals surface area contributed by atoms with E-state index in [1.54, 1.807) is 0 Å². The van der Waals surface area contributed by atoms with Gasteiger partial charge in [-0.15, -0.1) is 0 Å². The number of hydrogen-bond donors (Lipinski definition) is 2. The maximum Gasteiger partial charge on any atom is 0.307 e. The van der Waals surface area contributed by atoms with Gasteiger partial charge in [0.2, 0.25) is 0 Å². The Bertz CT molecular complexity index is 324. The molecule has 0 aliphatic rings. The minimum Gasteiger partial charge on any atom is -0.481 e. The van der Waals surface area contributed by atoms with Crippen LogP contribution in [-0.2, 0) is 11.2 Å². The number of carboxylic acids is 1. The van der Waals surface area contributed by atoms with Gasteiger partial charge in [0.25, 0.3) is 0 Å². The van der Waals surface area contributed by atoms with Crippen LogP contribution in [0.1, 0.15) is 12.0 Å². The van der Waals surface area contributed by atoms with E-state index < -0.39 is 11.9 Å². The molecule has 0 fully saturated rings. The quantitative estimate of drug-likeness (QED) is 0.862. The van der Waals surface area contributed by atoms with Gasteiger partial charge in [0.15, 0.2) is 0 Å². The van der Waals surface area contributed by atoms with Gasteiger partial charge in [-0.1, -0.05) is 28.1 Å². The van der Waals surface area contributed by atoms with Crippen LogP contribution in [0.4, 0.5) is 0 Å². The number of aryl methyl sites for hydroxylation is 1. The van der Waals surface area contributed by atoms with Gasteiger partial charge >= 0.3 is 5.97 Å². The monoisotopic (exact) mass is 271 g/mol. The third kappa shape index (κ3) is 4.01. The first kappa shape index (κ1) is 12.2. The van der Waals surface area contributed by atoms with Crippen molar-refractivity contribution in [3.05, 3.63) is 34.3 Å². The van der Waals surface area contributed by atoms with E-state index >= 15 is 0 Å². The second-order valence-electron chi connectivity index (χ2n) is 3.44. The van der Waals surface area contributed by atoms with Crippen molar-refractivity contribution < 1.29 is 9.90 Å². The van der Waals surface area contributed by atoms with Crippen LogP contribution in [0.2, 0.25) is 0 Å². The van der Waals surface area contributed by atoms with Crippen LogP contribution in [0.15, 0.2) is 28.7 Å². The van der Waals surface area contributed by atoms with Crippen molar-refractivity contribution in [2.24, 2.45) is 11.7 Å². The highest BCUT2D eigenvalue weighted by atomic mass is 79.9. The Hall–Kier alpha value is -0.870. The van der Waals surface area contributed by atoms with Crippen molar-refractivity contribution in [2.75, 3.05) is 6.54 Å². The molecule has 1 rings (SSSR count). The molecule has 0 saturated carbocycles. The zero-order valence-electron chi connectivity index (χ0n) is 8.32. The average Bonchev–Trinajstić information content (AvgIpc) is 2.21. The van der Waals surface area contributed by atoms with Gasteiger partial charge in [0, 0.05) is 11.0 Å².